The number of nitrogens with zero attached hydrogens (tertiary/aromatic N) is 2. The molecule has 5 heteroatoms. The summed E-state index contributed by atoms with van der Waals surface area (Å²) in [4.78, 5) is 12.4. The minimum Gasteiger partial charge on any atom is -0.310 e. The number of nitrogens with one attached hydrogen (secondary N) is 1. The number of amides is 1. The normalized spacial score (nSPS) is 10.6. The first-order chi connectivity index (χ1) is 11.5. The molecule has 0 spiro atoms. The number of hydrogen-bond donors (Lipinski definition) is 1. The number of aryl methyl sites for hydroxylation is 2. The van der Waals surface area contributed by atoms with Crippen LogP contribution in [-0.4, -0.2) is 15.7 Å². The Morgan fingerprint density at radius 2 is 1.92 bits per heavy atom. The molecule has 1 amide bonds. The first-order valence-corrected chi connectivity index (χ1v) is 8.49. The van der Waals surface area contributed by atoms with Gasteiger partial charge in [-0.2, -0.15) is 5.10 Å². The van der Waals surface area contributed by atoms with Gasteiger partial charge in [-0.15, -0.1) is 0 Å². The number of benzene rings is 2. The van der Waals surface area contributed by atoms with Crippen molar-refractivity contribution in [2.75, 3.05) is 5.32 Å². The van der Waals surface area contributed by atoms with E-state index in [2.05, 4.69) is 26.3 Å². The first-order valence-electron chi connectivity index (χ1n) is 7.70. The molecule has 1 aromatic heterocycles. The molecule has 1 N–H and O–H groups in total. The average Bonchev–Trinajstić information content (AvgIpc) is 2.90. The molecule has 4 nitrogen and oxygen atoms in total. The van der Waals surface area contributed by atoms with Gasteiger partial charge in [0.1, 0.15) is 5.82 Å². The largest absolute Gasteiger partial charge is 0.310 e. The number of halogens is 1. The van der Waals surface area contributed by atoms with Crippen molar-refractivity contribution in [3.63, 3.8) is 0 Å². The predicted octanol–water partition coefficient (Wildman–Crippen LogP) is 4.43. The van der Waals surface area contributed by atoms with Crippen molar-refractivity contribution in [3.8, 4) is 5.69 Å². The highest BCUT2D eigenvalue weighted by molar-refractivity contribution is 9.10. The van der Waals surface area contributed by atoms with Crippen LogP contribution in [-0.2, 0) is 11.2 Å². The van der Waals surface area contributed by atoms with Crippen LogP contribution in [0.25, 0.3) is 5.69 Å². The van der Waals surface area contributed by atoms with E-state index in [4.69, 9.17) is 0 Å². The third kappa shape index (κ3) is 3.74. The summed E-state index contributed by atoms with van der Waals surface area (Å²) in [6, 6.07) is 17.6. The van der Waals surface area contributed by atoms with Gasteiger partial charge in [0, 0.05) is 10.5 Å². The van der Waals surface area contributed by atoms with Gasteiger partial charge in [0.15, 0.2) is 0 Å². The molecule has 0 fully saturated rings. The molecule has 0 aliphatic carbocycles. The molecular weight excluding hydrogens is 366 g/mol. The van der Waals surface area contributed by atoms with E-state index in [1.165, 1.54) is 0 Å². The van der Waals surface area contributed by atoms with E-state index >= 15 is 0 Å². The van der Waals surface area contributed by atoms with Gasteiger partial charge in [0.25, 0.3) is 0 Å². The van der Waals surface area contributed by atoms with E-state index < -0.39 is 0 Å². The van der Waals surface area contributed by atoms with Crippen LogP contribution in [0.5, 0.6) is 0 Å². The lowest BCUT2D eigenvalue weighted by Crippen LogP contribution is -2.17. The zero-order valence-corrected chi connectivity index (χ0v) is 15.2. The Labute approximate surface area is 149 Å². The monoisotopic (exact) mass is 383 g/mol. The molecule has 0 saturated carbocycles. The van der Waals surface area contributed by atoms with Crippen LogP contribution < -0.4 is 5.32 Å². The van der Waals surface area contributed by atoms with Crippen LogP contribution in [0, 0.1) is 13.8 Å². The Bertz CT molecular complexity index is 886. The zero-order valence-electron chi connectivity index (χ0n) is 13.6. The van der Waals surface area contributed by atoms with E-state index in [1.807, 2.05) is 68.4 Å². The average molecular weight is 384 g/mol. The molecule has 3 rings (SSSR count). The fraction of sp³-hybridized carbons (Fsp3) is 0.158. The van der Waals surface area contributed by atoms with Crippen molar-refractivity contribution >= 4 is 27.7 Å². The summed E-state index contributed by atoms with van der Waals surface area (Å²) in [5.41, 5.74) is 3.88. The van der Waals surface area contributed by atoms with Gasteiger partial charge in [0.05, 0.1) is 17.8 Å². The molecule has 0 saturated heterocycles. The lowest BCUT2D eigenvalue weighted by atomic mass is 10.1. The minimum absolute atomic E-state index is 0.0551. The Morgan fingerprint density at radius 3 is 2.67 bits per heavy atom. The molecule has 0 radical (unpaired) electrons. The molecule has 0 unspecified atom stereocenters. The maximum absolute atomic E-state index is 12.4. The Hall–Kier alpha value is -2.40. The van der Waals surface area contributed by atoms with E-state index in [0.29, 0.717) is 12.2 Å². The summed E-state index contributed by atoms with van der Waals surface area (Å²) in [5, 5.41) is 7.45. The zero-order chi connectivity index (χ0) is 17.1. The van der Waals surface area contributed by atoms with Crippen molar-refractivity contribution in [2.24, 2.45) is 0 Å². The topological polar surface area (TPSA) is 46.9 Å². The number of rotatable bonds is 4. The molecule has 122 valence electrons. The van der Waals surface area contributed by atoms with Gasteiger partial charge in [0.2, 0.25) is 5.91 Å². The fourth-order valence-corrected chi connectivity index (χ4v) is 2.95. The maximum Gasteiger partial charge on any atom is 0.229 e. The second kappa shape index (κ2) is 7.01. The van der Waals surface area contributed by atoms with Crippen LogP contribution in [0.15, 0.2) is 59.1 Å². The summed E-state index contributed by atoms with van der Waals surface area (Å²) < 4.78 is 2.71. The highest BCUT2D eigenvalue weighted by atomic mass is 79.9. The lowest BCUT2D eigenvalue weighted by molar-refractivity contribution is -0.115. The second-order valence-corrected chi connectivity index (χ2v) is 6.63. The predicted molar refractivity (Wildman–Crippen MR) is 99.5 cm³/mol. The van der Waals surface area contributed by atoms with Gasteiger partial charge in [-0.1, -0.05) is 46.3 Å². The van der Waals surface area contributed by atoms with Crippen molar-refractivity contribution in [3.05, 3.63) is 75.9 Å². The fourth-order valence-electron chi connectivity index (χ4n) is 2.56. The number of carbonyl (C=O) groups is 1. The summed E-state index contributed by atoms with van der Waals surface area (Å²) >= 11 is 3.47. The minimum atomic E-state index is -0.0551. The quantitative estimate of drug-likeness (QED) is 0.723. The van der Waals surface area contributed by atoms with Crippen LogP contribution >= 0.6 is 15.9 Å². The summed E-state index contributed by atoms with van der Waals surface area (Å²) in [5.74, 6) is 0.615. The Kier molecular flexibility index (Phi) is 4.81. The van der Waals surface area contributed by atoms with Gasteiger partial charge in [-0.05, 0) is 43.2 Å². The van der Waals surface area contributed by atoms with E-state index in [-0.39, 0.29) is 5.91 Å². The first kappa shape index (κ1) is 16.5. The number of aromatic nitrogens is 2. The van der Waals surface area contributed by atoms with Crippen molar-refractivity contribution in [1.82, 2.24) is 9.78 Å². The molecule has 0 bridgehead atoms. The molecular formula is C19H18BrN3O. The molecule has 0 aliphatic heterocycles. The van der Waals surface area contributed by atoms with E-state index in [1.54, 1.807) is 4.68 Å². The van der Waals surface area contributed by atoms with Gasteiger partial charge >= 0.3 is 0 Å². The molecule has 2 aromatic carbocycles. The highest BCUT2D eigenvalue weighted by Gasteiger charge is 2.12. The highest BCUT2D eigenvalue weighted by Crippen LogP contribution is 2.21. The van der Waals surface area contributed by atoms with Crippen LogP contribution in [0.4, 0.5) is 5.82 Å². The van der Waals surface area contributed by atoms with Gasteiger partial charge < -0.3 is 5.32 Å². The Balaban J connectivity index is 1.83. The van der Waals surface area contributed by atoms with Crippen LogP contribution in [0.3, 0.4) is 0 Å². The third-order valence-electron chi connectivity index (χ3n) is 3.76. The molecule has 0 atom stereocenters. The van der Waals surface area contributed by atoms with Crippen LogP contribution in [0.2, 0.25) is 0 Å². The van der Waals surface area contributed by atoms with Crippen molar-refractivity contribution in [2.45, 2.75) is 20.3 Å². The third-order valence-corrected chi connectivity index (χ3v) is 4.26. The van der Waals surface area contributed by atoms with Gasteiger partial charge in [-0.3, -0.25) is 4.79 Å². The summed E-state index contributed by atoms with van der Waals surface area (Å²) in [6.07, 6.45) is 0.343. The SMILES string of the molecule is Cc1cc(NC(=O)Cc2ccccc2C)n(-c2cccc(Br)c2)n1. The molecule has 0 aliphatic rings. The smallest absolute Gasteiger partial charge is 0.229 e. The lowest BCUT2D eigenvalue weighted by Gasteiger charge is -2.10. The van der Waals surface area contributed by atoms with E-state index in [9.17, 15) is 4.79 Å². The van der Waals surface area contributed by atoms with Crippen molar-refractivity contribution < 1.29 is 4.79 Å². The number of hydrogen-bond acceptors (Lipinski definition) is 2. The second-order valence-electron chi connectivity index (χ2n) is 5.71. The number of anilines is 1. The van der Waals surface area contributed by atoms with Crippen molar-refractivity contribution in [1.29, 1.82) is 0 Å². The number of carbonyl (C=O) groups excluding carboxylic acids is 1. The Morgan fingerprint density at radius 1 is 1.12 bits per heavy atom. The maximum atomic E-state index is 12.4. The standard InChI is InChI=1S/C19H18BrN3O/c1-13-6-3-4-7-15(13)11-19(24)21-18-10-14(2)22-23(18)17-9-5-8-16(20)12-17/h3-10,12H,11H2,1-2H3,(H,21,24). The molecule has 24 heavy (non-hydrogen) atoms. The summed E-state index contributed by atoms with van der Waals surface area (Å²) in [6.45, 7) is 3.92. The van der Waals surface area contributed by atoms with Gasteiger partial charge in [-0.25, -0.2) is 4.68 Å². The molecule has 3 aromatic rings. The van der Waals surface area contributed by atoms with Crippen LogP contribution in [0.1, 0.15) is 16.8 Å². The summed E-state index contributed by atoms with van der Waals surface area (Å²) in [7, 11) is 0. The molecule has 1 heterocycles. The van der Waals surface area contributed by atoms with E-state index in [0.717, 1.165) is 27.0 Å².